The van der Waals surface area contributed by atoms with Gasteiger partial charge >= 0.3 is 5.97 Å². The molecule has 1 fully saturated rings. The molecule has 1 saturated carbocycles. The van der Waals surface area contributed by atoms with Gasteiger partial charge in [-0.15, -0.1) is 0 Å². The quantitative estimate of drug-likeness (QED) is 0.768. The van der Waals surface area contributed by atoms with Gasteiger partial charge in [-0.3, -0.25) is 0 Å². The molecule has 0 saturated heterocycles. The third kappa shape index (κ3) is 1.96. The average molecular weight is 205 g/mol. The molecule has 0 radical (unpaired) electrons. The molecule has 1 aromatic heterocycles. The summed E-state index contributed by atoms with van der Waals surface area (Å²) in [5.74, 6) is -0.372. The Morgan fingerprint density at radius 1 is 1.67 bits per heavy atom. The zero-order valence-corrected chi connectivity index (χ0v) is 8.86. The number of aromatic carboxylic acids is 1. The highest BCUT2D eigenvalue weighted by Gasteiger charge is 2.31. The highest BCUT2D eigenvalue weighted by molar-refractivity contribution is 5.89. The molecule has 1 heterocycles. The molecule has 0 aliphatic heterocycles. The fourth-order valence-electron chi connectivity index (χ4n) is 1.91. The van der Waals surface area contributed by atoms with Crippen molar-refractivity contribution in [2.24, 2.45) is 0 Å². The molecule has 0 atom stereocenters. The number of aromatic nitrogens is 1. The summed E-state index contributed by atoms with van der Waals surface area (Å²) >= 11 is 0. The lowest BCUT2D eigenvalue weighted by Crippen LogP contribution is -2.06. The number of hydrogen-bond acceptors (Lipinski definition) is 1. The van der Waals surface area contributed by atoms with Crippen molar-refractivity contribution in [3.05, 3.63) is 35.7 Å². The fraction of sp³-hybridized carbons (Fsp3) is 0.417. The molecule has 1 N–H and O–H groups in total. The standard InChI is InChI=1S/C12H15NO2/c1-8(2)7-13-6-5-10(12(14)15)11(13)9-3-4-9/h5-6,9H,1,3-4,7H2,2H3,(H,14,15). The summed E-state index contributed by atoms with van der Waals surface area (Å²) in [6.07, 6.45) is 4.08. The maximum atomic E-state index is 11.0. The predicted molar refractivity (Wildman–Crippen MR) is 58.2 cm³/mol. The summed E-state index contributed by atoms with van der Waals surface area (Å²) in [5, 5.41) is 9.05. The highest BCUT2D eigenvalue weighted by Crippen LogP contribution is 2.42. The molecule has 0 unspecified atom stereocenters. The first-order chi connectivity index (χ1) is 7.09. The van der Waals surface area contributed by atoms with Crippen LogP contribution in [0, 0.1) is 0 Å². The molecule has 2 rings (SSSR count). The summed E-state index contributed by atoms with van der Waals surface area (Å²) < 4.78 is 2.02. The van der Waals surface area contributed by atoms with Gasteiger partial charge in [0.2, 0.25) is 0 Å². The van der Waals surface area contributed by atoms with E-state index in [1.54, 1.807) is 6.07 Å². The highest BCUT2D eigenvalue weighted by atomic mass is 16.4. The second-order valence-electron chi connectivity index (χ2n) is 4.28. The van der Waals surface area contributed by atoms with Gasteiger partial charge in [0.1, 0.15) is 0 Å². The van der Waals surface area contributed by atoms with Crippen molar-refractivity contribution >= 4 is 5.97 Å². The van der Waals surface area contributed by atoms with Gasteiger partial charge in [-0.25, -0.2) is 4.79 Å². The number of rotatable bonds is 4. The fourth-order valence-corrected chi connectivity index (χ4v) is 1.91. The van der Waals surface area contributed by atoms with Crippen molar-refractivity contribution in [1.29, 1.82) is 0 Å². The molecular weight excluding hydrogens is 190 g/mol. The molecule has 15 heavy (non-hydrogen) atoms. The van der Waals surface area contributed by atoms with Crippen molar-refractivity contribution in [2.45, 2.75) is 32.2 Å². The van der Waals surface area contributed by atoms with E-state index in [1.807, 2.05) is 17.7 Å². The molecular formula is C12H15NO2. The molecule has 80 valence electrons. The Hall–Kier alpha value is -1.51. The smallest absolute Gasteiger partial charge is 0.337 e. The van der Waals surface area contributed by atoms with Crippen LogP contribution >= 0.6 is 0 Å². The van der Waals surface area contributed by atoms with Crippen molar-refractivity contribution in [3.63, 3.8) is 0 Å². The van der Waals surface area contributed by atoms with E-state index in [4.69, 9.17) is 5.11 Å². The Kier molecular flexibility index (Phi) is 2.39. The Morgan fingerprint density at radius 3 is 2.80 bits per heavy atom. The second kappa shape index (κ2) is 3.57. The largest absolute Gasteiger partial charge is 0.478 e. The van der Waals surface area contributed by atoms with Gasteiger partial charge in [-0.2, -0.15) is 0 Å². The summed E-state index contributed by atoms with van der Waals surface area (Å²) in [5.41, 5.74) is 2.48. The number of hydrogen-bond donors (Lipinski definition) is 1. The van der Waals surface area contributed by atoms with Crippen LogP contribution < -0.4 is 0 Å². The van der Waals surface area contributed by atoms with Crippen LogP contribution in [0.2, 0.25) is 0 Å². The third-order valence-electron chi connectivity index (χ3n) is 2.64. The summed E-state index contributed by atoms with van der Waals surface area (Å²) in [7, 11) is 0. The first-order valence-corrected chi connectivity index (χ1v) is 5.16. The molecule has 1 aliphatic rings. The number of allylic oxidation sites excluding steroid dienone is 1. The molecule has 1 aromatic rings. The van der Waals surface area contributed by atoms with Crippen molar-refractivity contribution in [1.82, 2.24) is 4.57 Å². The molecule has 0 spiro atoms. The van der Waals surface area contributed by atoms with E-state index < -0.39 is 5.97 Å². The van der Waals surface area contributed by atoms with Crippen LogP contribution in [-0.2, 0) is 6.54 Å². The number of nitrogens with zero attached hydrogens (tertiary/aromatic N) is 1. The Labute approximate surface area is 89.0 Å². The van der Waals surface area contributed by atoms with Crippen LogP contribution in [0.15, 0.2) is 24.4 Å². The van der Waals surface area contributed by atoms with Gasteiger partial charge in [0, 0.05) is 24.4 Å². The maximum absolute atomic E-state index is 11.0. The van der Waals surface area contributed by atoms with E-state index in [2.05, 4.69) is 6.58 Å². The topological polar surface area (TPSA) is 42.2 Å². The molecule has 1 aliphatic carbocycles. The van der Waals surface area contributed by atoms with Crippen LogP contribution in [0.25, 0.3) is 0 Å². The van der Waals surface area contributed by atoms with Gasteiger partial charge in [0.25, 0.3) is 0 Å². The molecule has 3 nitrogen and oxygen atoms in total. The Morgan fingerprint density at radius 2 is 2.33 bits per heavy atom. The first-order valence-electron chi connectivity index (χ1n) is 5.16. The lowest BCUT2D eigenvalue weighted by molar-refractivity contribution is 0.0695. The van der Waals surface area contributed by atoms with Crippen molar-refractivity contribution < 1.29 is 9.90 Å². The summed E-state index contributed by atoms with van der Waals surface area (Å²) in [4.78, 5) is 11.0. The van der Waals surface area contributed by atoms with Gasteiger partial charge in [-0.1, -0.05) is 12.2 Å². The Balaban J connectivity index is 2.37. The number of carboxylic acid groups (broad SMARTS) is 1. The van der Waals surface area contributed by atoms with E-state index in [0.717, 1.165) is 30.7 Å². The molecule has 0 amide bonds. The Bertz CT molecular complexity index is 413. The minimum atomic E-state index is -0.822. The molecule has 3 heteroatoms. The average Bonchev–Trinajstić information content (AvgIpc) is 2.87. The van der Waals surface area contributed by atoms with E-state index >= 15 is 0 Å². The third-order valence-corrected chi connectivity index (χ3v) is 2.64. The monoisotopic (exact) mass is 205 g/mol. The van der Waals surface area contributed by atoms with Gasteiger partial charge < -0.3 is 9.67 Å². The van der Waals surface area contributed by atoms with Crippen molar-refractivity contribution in [2.75, 3.05) is 0 Å². The van der Waals surface area contributed by atoms with E-state index in [-0.39, 0.29) is 0 Å². The van der Waals surface area contributed by atoms with E-state index in [1.165, 1.54) is 0 Å². The molecule has 0 bridgehead atoms. The zero-order valence-electron chi connectivity index (χ0n) is 8.86. The normalized spacial score (nSPS) is 15.3. The maximum Gasteiger partial charge on any atom is 0.337 e. The van der Waals surface area contributed by atoms with Crippen LogP contribution in [-0.4, -0.2) is 15.6 Å². The number of carbonyl (C=O) groups is 1. The van der Waals surface area contributed by atoms with Crippen molar-refractivity contribution in [3.8, 4) is 0 Å². The SMILES string of the molecule is C=C(C)Cn1ccc(C(=O)O)c1C1CC1. The summed E-state index contributed by atoms with van der Waals surface area (Å²) in [6.45, 7) is 6.53. The van der Waals surface area contributed by atoms with Crippen LogP contribution in [0.4, 0.5) is 0 Å². The second-order valence-corrected chi connectivity index (χ2v) is 4.28. The lowest BCUT2D eigenvalue weighted by atomic mass is 10.1. The lowest BCUT2D eigenvalue weighted by Gasteiger charge is -2.09. The zero-order chi connectivity index (χ0) is 11.0. The first kappa shape index (κ1) is 10.0. The van der Waals surface area contributed by atoms with Gasteiger partial charge in [-0.05, 0) is 25.8 Å². The minimum absolute atomic E-state index is 0.449. The van der Waals surface area contributed by atoms with Crippen LogP contribution in [0.5, 0.6) is 0 Å². The van der Waals surface area contributed by atoms with E-state index in [9.17, 15) is 4.79 Å². The van der Waals surface area contributed by atoms with Gasteiger partial charge in [0.05, 0.1) is 5.56 Å². The van der Waals surface area contributed by atoms with Gasteiger partial charge in [0.15, 0.2) is 0 Å². The van der Waals surface area contributed by atoms with E-state index in [0.29, 0.717) is 11.5 Å². The number of carboxylic acids is 1. The molecule has 0 aromatic carbocycles. The van der Waals surface area contributed by atoms with Crippen LogP contribution in [0.3, 0.4) is 0 Å². The minimum Gasteiger partial charge on any atom is -0.478 e. The van der Waals surface area contributed by atoms with Crippen LogP contribution in [0.1, 0.15) is 41.7 Å². The summed E-state index contributed by atoms with van der Waals surface area (Å²) in [6, 6.07) is 1.69. The predicted octanol–water partition coefficient (Wildman–Crippen LogP) is 2.64.